The maximum Gasteiger partial charge on any atom is 0.217 e. The zero-order valence-corrected chi connectivity index (χ0v) is 24.5. The van der Waals surface area contributed by atoms with Gasteiger partial charge in [-0.05, 0) is 116 Å². The Balaban J connectivity index is 1.48. The second kappa shape index (κ2) is 11.0. The van der Waals surface area contributed by atoms with Crippen molar-refractivity contribution in [3.63, 3.8) is 0 Å². The molecule has 216 valence electrons. The van der Waals surface area contributed by atoms with Crippen molar-refractivity contribution in [3.05, 3.63) is 0 Å². The molecule has 0 bridgehead atoms. The SMILES string of the molecule is CC(C)CCC[C@@H](COS(=O)(=O)[O-])[C@@H]1CC[C@@H]2[C@@H]3CC[C@H]4C[C@@H](OS(=O)(=O)[O-])CC[C@]4(C)[C@@H]3CC[C@@]21C. The highest BCUT2D eigenvalue weighted by atomic mass is 32.3. The van der Waals surface area contributed by atoms with Crippen LogP contribution in [0.1, 0.15) is 105 Å². The summed E-state index contributed by atoms with van der Waals surface area (Å²) in [6.07, 6.45) is 11.2. The molecule has 9 atom stereocenters. The van der Waals surface area contributed by atoms with Crippen molar-refractivity contribution in [2.45, 2.75) is 111 Å². The van der Waals surface area contributed by atoms with Crippen molar-refractivity contribution in [2.75, 3.05) is 6.61 Å². The molecule has 0 amide bonds. The first kappa shape index (κ1) is 29.7. The van der Waals surface area contributed by atoms with Crippen molar-refractivity contribution in [1.29, 1.82) is 0 Å². The fourth-order valence-corrected chi connectivity index (χ4v) is 10.5. The molecule has 0 radical (unpaired) electrons. The molecule has 0 spiro atoms. The summed E-state index contributed by atoms with van der Waals surface area (Å²) in [7, 11) is -9.40. The third-order valence-electron chi connectivity index (χ3n) is 11.3. The normalized spacial score (nSPS) is 41.2. The van der Waals surface area contributed by atoms with Crippen LogP contribution in [-0.2, 0) is 29.2 Å². The van der Waals surface area contributed by atoms with Crippen LogP contribution < -0.4 is 0 Å². The Bertz CT molecular complexity index is 1010. The van der Waals surface area contributed by atoms with Crippen molar-refractivity contribution in [3.8, 4) is 0 Å². The summed E-state index contributed by atoms with van der Waals surface area (Å²) in [6.45, 7) is 9.17. The quantitative estimate of drug-likeness (QED) is 0.255. The lowest BCUT2D eigenvalue weighted by atomic mass is 9.44. The van der Waals surface area contributed by atoms with Crippen LogP contribution in [0.15, 0.2) is 0 Å². The van der Waals surface area contributed by atoms with E-state index in [2.05, 4.69) is 27.7 Å². The first-order valence-electron chi connectivity index (χ1n) is 14.4. The molecule has 4 saturated carbocycles. The van der Waals surface area contributed by atoms with Gasteiger partial charge in [0.1, 0.15) is 0 Å². The van der Waals surface area contributed by atoms with E-state index in [0.717, 1.165) is 64.2 Å². The fourth-order valence-electron chi connectivity index (χ4n) is 9.65. The van der Waals surface area contributed by atoms with Crippen LogP contribution in [0.25, 0.3) is 0 Å². The summed E-state index contributed by atoms with van der Waals surface area (Å²) in [6, 6.07) is 0. The number of rotatable bonds is 10. The first-order valence-corrected chi connectivity index (χ1v) is 17.0. The van der Waals surface area contributed by atoms with E-state index in [0.29, 0.717) is 48.3 Å². The molecule has 0 unspecified atom stereocenters. The molecule has 0 aromatic carbocycles. The van der Waals surface area contributed by atoms with Gasteiger partial charge in [0, 0.05) is 0 Å². The van der Waals surface area contributed by atoms with Crippen LogP contribution >= 0.6 is 0 Å². The number of fused-ring (bicyclic) bond motifs is 5. The third kappa shape index (κ3) is 6.56. The minimum Gasteiger partial charge on any atom is -0.726 e. The van der Waals surface area contributed by atoms with E-state index in [9.17, 15) is 25.9 Å². The molecule has 0 heterocycles. The molecule has 8 nitrogen and oxygen atoms in total. The molecule has 0 N–H and O–H groups in total. The summed E-state index contributed by atoms with van der Waals surface area (Å²) >= 11 is 0. The van der Waals surface area contributed by atoms with Gasteiger partial charge in [0.2, 0.25) is 20.8 Å². The standard InChI is InChI=1S/C27H48O8S2/c1-18(2)6-5-7-19(17-34-36(28,29)30)23-10-11-24-22-9-8-20-16-21(35-37(31,32)33)12-14-26(20,3)25(22)13-15-27(23,24)4/h18-25H,5-17H2,1-4H3,(H,28,29,30)(H,31,32,33)/p-2/t19-,20-,21-,22-,23-,24+,25+,26-,27+/m0/s1. The molecular formula is C27H46O8S2-2. The summed E-state index contributed by atoms with van der Waals surface area (Å²) in [5.74, 6) is 3.12. The van der Waals surface area contributed by atoms with E-state index >= 15 is 0 Å². The molecule has 0 saturated heterocycles. The van der Waals surface area contributed by atoms with E-state index in [4.69, 9.17) is 8.37 Å². The highest BCUT2D eigenvalue weighted by Gasteiger charge is 2.61. The minimum absolute atomic E-state index is 0.00516. The zero-order chi connectivity index (χ0) is 27.2. The van der Waals surface area contributed by atoms with Gasteiger partial charge in [0.15, 0.2) is 0 Å². The lowest BCUT2D eigenvalue weighted by Crippen LogP contribution is -2.54. The molecule has 0 aromatic heterocycles. The highest BCUT2D eigenvalue weighted by molar-refractivity contribution is 7.81. The van der Waals surface area contributed by atoms with Gasteiger partial charge in [-0.15, -0.1) is 0 Å². The highest BCUT2D eigenvalue weighted by Crippen LogP contribution is 2.68. The first-order chi connectivity index (χ1) is 17.1. The topological polar surface area (TPSA) is 133 Å². The van der Waals surface area contributed by atoms with Gasteiger partial charge in [0.05, 0.1) is 12.7 Å². The largest absolute Gasteiger partial charge is 0.726 e. The maximum absolute atomic E-state index is 11.3. The molecule has 0 aliphatic heterocycles. The van der Waals surface area contributed by atoms with Gasteiger partial charge in [-0.3, -0.25) is 8.37 Å². The van der Waals surface area contributed by atoms with Gasteiger partial charge < -0.3 is 9.11 Å². The summed E-state index contributed by atoms with van der Waals surface area (Å²) in [4.78, 5) is 0. The van der Waals surface area contributed by atoms with Gasteiger partial charge in [-0.25, -0.2) is 16.8 Å². The van der Waals surface area contributed by atoms with E-state index in [1.54, 1.807) is 0 Å². The fraction of sp³-hybridized carbons (Fsp3) is 1.00. The lowest BCUT2D eigenvalue weighted by molar-refractivity contribution is -0.128. The monoisotopic (exact) mass is 562 g/mol. The summed E-state index contributed by atoms with van der Waals surface area (Å²) in [5, 5.41) is 0. The summed E-state index contributed by atoms with van der Waals surface area (Å²) < 4.78 is 77.2. The summed E-state index contributed by atoms with van der Waals surface area (Å²) in [5.41, 5.74) is 0.241. The Kier molecular flexibility index (Phi) is 8.80. The van der Waals surface area contributed by atoms with Crippen LogP contribution in [0, 0.1) is 52.3 Å². The number of hydrogen-bond donors (Lipinski definition) is 0. The molecule has 4 rings (SSSR count). The van der Waals surface area contributed by atoms with E-state index in [-0.39, 0.29) is 23.4 Å². The Hall–Kier alpha value is -0.260. The number of hydrogen-bond acceptors (Lipinski definition) is 8. The molecule has 10 heteroatoms. The van der Waals surface area contributed by atoms with Gasteiger partial charge in [0.25, 0.3) is 0 Å². The zero-order valence-electron chi connectivity index (χ0n) is 22.9. The predicted octanol–water partition coefficient (Wildman–Crippen LogP) is 5.41. The van der Waals surface area contributed by atoms with Crippen molar-refractivity contribution in [1.82, 2.24) is 0 Å². The molecular weight excluding hydrogens is 516 g/mol. The maximum atomic E-state index is 11.3. The smallest absolute Gasteiger partial charge is 0.217 e. The Labute approximate surface area is 224 Å². The van der Waals surface area contributed by atoms with Crippen LogP contribution in [0.4, 0.5) is 0 Å². The van der Waals surface area contributed by atoms with Crippen LogP contribution in [-0.4, -0.2) is 38.7 Å². The van der Waals surface area contributed by atoms with Crippen molar-refractivity contribution in [2.24, 2.45) is 52.3 Å². The lowest BCUT2D eigenvalue weighted by Gasteiger charge is -2.61. The molecule has 4 aliphatic rings. The third-order valence-corrected chi connectivity index (χ3v) is 12.2. The Morgan fingerprint density at radius 1 is 0.838 bits per heavy atom. The van der Waals surface area contributed by atoms with E-state index < -0.39 is 26.9 Å². The Morgan fingerprint density at radius 2 is 1.51 bits per heavy atom. The molecule has 0 aromatic rings. The molecule has 4 aliphatic carbocycles. The van der Waals surface area contributed by atoms with Crippen LogP contribution in [0.5, 0.6) is 0 Å². The molecule has 37 heavy (non-hydrogen) atoms. The van der Waals surface area contributed by atoms with Gasteiger partial charge >= 0.3 is 0 Å². The van der Waals surface area contributed by atoms with Crippen LogP contribution in [0.3, 0.4) is 0 Å². The predicted molar refractivity (Wildman–Crippen MR) is 138 cm³/mol. The van der Waals surface area contributed by atoms with Crippen LogP contribution in [0.2, 0.25) is 0 Å². The van der Waals surface area contributed by atoms with Crippen molar-refractivity contribution < 1.29 is 34.3 Å². The van der Waals surface area contributed by atoms with Gasteiger partial charge in [-0.2, -0.15) is 0 Å². The minimum atomic E-state index is -4.71. The van der Waals surface area contributed by atoms with Gasteiger partial charge in [-0.1, -0.05) is 40.5 Å². The molecule has 4 fully saturated rings. The van der Waals surface area contributed by atoms with E-state index in [1.807, 2.05) is 0 Å². The Morgan fingerprint density at radius 3 is 2.16 bits per heavy atom. The van der Waals surface area contributed by atoms with E-state index in [1.165, 1.54) is 0 Å². The average molecular weight is 563 g/mol. The van der Waals surface area contributed by atoms with Crippen molar-refractivity contribution >= 4 is 20.8 Å². The second-order valence-electron chi connectivity index (χ2n) is 13.6. The average Bonchev–Trinajstić information content (AvgIpc) is 3.11. The second-order valence-corrected chi connectivity index (χ2v) is 15.6.